The van der Waals surface area contributed by atoms with Crippen LogP contribution in [0.4, 0.5) is 0 Å². The molecule has 96 valence electrons. The largest absolute Gasteiger partial charge is 0.389 e. The van der Waals surface area contributed by atoms with E-state index in [1.165, 1.54) is 16.7 Å². The van der Waals surface area contributed by atoms with Gasteiger partial charge in [-0.3, -0.25) is 4.90 Å². The summed E-state index contributed by atoms with van der Waals surface area (Å²) in [6.45, 7) is 12.7. The van der Waals surface area contributed by atoms with E-state index >= 15 is 0 Å². The Hall–Kier alpha value is -0.860. The summed E-state index contributed by atoms with van der Waals surface area (Å²) in [5.41, 5.74) is 3.42. The van der Waals surface area contributed by atoms with Crippen LogP contribution in [0.25, 0.3) is 0 Å². The molecule has 1 N–H and O–H groups in total. The van der Waals surface area contributed by atoms with Crippen molar-refractivity contribution < 1.29 is 5.11 Å². The number of nitrogens with zero attached hydrogens (tertiary/aromatic N) is 1. The monoisotopic (exact) mass is 235 g/mol. The Labute approximate surface area is 105 Å². The van der Waals surface area contributed by atoms with Crippen molar-refractivity contribution in [1.29, 1.82) is 0 Å². The van der Waals surface area contributed by atoms with Gasteiger partial charge in [-0.25, -0.2) is 0 Å². The fourth-order valence-electron chi connectivity index (χ4n) is 2.15. The van der Waals surface area contributed by atoms with E-state index in [0.29, 0.717) is 6.54 Å². The number of hydrogen-bond acceptors (Lipinski definition) is 2. The lowest BCUT2D eigenvalue weighted by atomic mass is 10.0. The highest BCUT2D eigenvalue weighted by Gasteiger charge is 2.18. The van der Waals surface area contributed by atoms with Crippen molar-refractivity contribution in [1.82, 2.24) is 4.90 Å². The molecular weight excluding hydrogens is 210 g/mol. The second-order valence-corrected chi connectivity index (χ2v) is 5.49. The Kier molecular flexibility index (Phi) is 4.72. The van der Waals surface area contributed by atoms with Gasteiger partial charge in [-0.15, -0.1) is 0 Å². The maximum absolute atomic E-state index is 9.89. The summed E-state index contributed by atoms with van der Waals surface area (Å²) < 4.78 is 0. The fraction of sp³-hybridized carbons (Fsp3) is 0.600. The van der Waals surface area contributed by atoms with Crippen molar-refractivity contribution in [3.05, 3.63) is 34.9 Å². The Bertz CT molecular complexity index is 345. The number of rotatable bonds is 5. The Morgan fingerprint density at radius 2 is 1.71 bits per heavy atom. The molecule has 0 radical (unpaired) electrons. The second-order valence-electron chi connectivity index (χ2n) is 5.49. The van der Waals surface area contributed by atoms with Gasteiger partial charge in [-0.05, 0) is 50.9 Å². The first-order chi connectivity index (χ1) is 7.83. The molecule has 0 heterocycles. The molecule has 0 bridgehead atoms. The maximum atomic E-state index is 9.89. The third-order valence-corrected chi connectivity index (χ3v) is 3.08. The normalized spacial score (nSPS) is 12.2. The van der Waals surface area contributed by atoms with Gasteiger partial charge < -0.3 is 5.11 Å². The molecule has 0 unspecified atom stereocenters. The molecule has 0 aliphatic rings. The summed E-state index contributed by atoms with van der Waals surface area (Å²) in [6.07, 6.45) is 0. The van der Waals surface area contributed by atoms with Crippen LogP contribution in [-0.4, -0.2) is 28.7 Å². The van der Waals surface area contributed by atoms with Crippen molar-refractivity contribution >= 4 is 0 Å². The van der Waals surface area contributed by atoms with Crippen molar-refractivity contribution in [2.24, 2.45) is 0 Å². The van der Waals surface area contributed by atoms with Gasteiger partial charge in [0.05, 0.1) is 5.60 Å². The molecule has 0 aromatic heterocycles. The summed E-state index contributed by atoms with van der Waals surface area (Å²) in [4.78, 5) is 2.29. The first-order valence-electron chi connectivity index (χ1n) is 6.33. The molecule has 0 aliphatic heterocycles. The van der Waals surface area contributed by atoms with Crippen molar-refractivity contribution in [2.75, 3.05) is 13.1 Å². The van der Waals surface area contributed by atoms with E-state index in [0.717, 1.165) is 13.1 Å². The van der Waals surface area contributed by atoms with E-state index in [-0.39, 0.29) is 0 Å². The average molecular weight is 235 g/mol. The minimum atomic E-state index is -0.632. The minimum Gasteiger partial charge on any atom is -0.389 e. The lowest BCUT2D eigenvalue weighted by molar-refractivity contribution is 0.0352. The second kappa shape index (κ2) is 5.65. The lowest BCUT2D eigenvalue weighted by Crippen LogP contribution is -2.38. The number of aliphatic hydroxyl groups is 1. The molecule has 2 nitrogen and oxygen atoms in total. The molecule has 0 spiro atoms. The Morgan fingerprint density at radius 1 is 1.18 bits per heavy atom. The van der Waals surface area contributed by atoms with Crippen LogP contribution >= 0.6 is 0 Å². The number of benzene rings is 1. The van der Waals surface area contributed by atoms with Crippen LogP contribution in [0.2, 0.25) is 0 Å². The van der Waals surface area contributed by atoms with Gasteiger partial charge in [0.15, 0.2) is 0 Å². The smallest absolute Gasteiger partial charge is 0.0718 e. The van der Waals surface area contributed by atoms with Crippen LogP contribution < -0.4 is 0 Å². The van der Waals surface area contributed by atoms with Crippen LogP contribution in [0.3, 0.4) is 0 Å². The number of hydrogen-bond donors (Lipinski definition) is 1. The van der Waals surface area contributed by atoms with Crippen LogP contribution in [0.5, 0.6) is 0 Å². The molecule has 0 amide bonds. The minimum absolute atomic E-state index is 0.632. The Morgan fingerprint density at radius 3 is 2.12 bits per heavy atom. The van der Waals surface area contributed by atoms with Gasteiger partial charge in [0.2, 0.25) is 0 Å². The average Bonchev–Trinajstić information content (AvgIpc) is 2.20. The topological polar surface area (TPSA) is 23.5 Å². The molecule has 1 aromatic carbocycles. The van der Waals surface area contributed by atoms with Crippen molar-refractivity contribution in [3.8, 4) is 0 Å². The first kappa shape index (κ1) is 14.2. The third-order valence-electron chi connectivity index (χ3n) is 3.08. The van der Waals surface area contributed by atoms with Crippen LogP contribution in [-0.2, 0) is 6.54 Å². The van der Waals surface area contributed by atoms with E-state index in [9.17, 15) is 5.11 Å². The highest BCUT2D eigenvalue weighted by Crippen LogP contribution is 2.17. The standard InChI is InChI=1S/C15H25NO/c1-6-16(11-15(4,5)17)10-14-12(2)8-7-9-13(14)3/h7-9,17H,6,10-11H2,1-5H3. The van der Waals surface area contributed by atoms with Gasteiger partial charge in [-0.2, -0.15) is 0 Å². The van der Waals surface area contributed by atoms with Crippen LogP contribution in [0, 0.1) is 13.8 Å². The maximum Gasteiger partial charge on any atom is 0.0718 e. The summed E-state index contributed by atoms with van der Waals surface area (Å²) in [5, 5.41) is 9.89. The van der Waals surface area contributed by atoms with Crippen LogP contribution in [0.15, 0.2) is 18.2 Å². The first-order valence-corrected chi connectivity index (χ1v) is 6.33. The molecule has 0 saturated heterocycles. The lowest BCUT2D eigenvalue weighted by Gasteiger charge is -2.29. The molecule has 0 saturated carbocycles. The highest BCUT2D eigenvalue weighted by atomic mass is 16.3. The summed E-state index contributed by atoms with van der Waals surface area (Å²) in [5.74, 6) is 0. The number of likely N-dealkylation sites (N-methyl/N-ethyl adjacent to an activating group) is 1. The van der Waals surface area contributed by atoms with E-state index < -0.39 is 5.60 Å². The zero-order chi connectivity index (χ0) is 13.1. The van der Waals surface area contributed by atoms with Gasteiger partial charge in [0.1, 0.15) is 0 Å². The zero-order valence-corrected chi connectivity index (χ0v) is 11.7. The molecule has 1 rings (SSSR count). The predicted molar refractivity (Wildman–Crippen MR) is 73.2 cm³/mol. The van der Waals surface area contributed by atoms with Crippen molar-refractivity contribution in [2.45, 2.75) is 46.8 Å². The van der Waals surface area contributed by atoms with Gasteiger partial charge in [0.25, 0.3) is 0 Å². The SMILES string of the molecule is CCN(Cc1c(C)cccc1C)CC(C)(C)O. The van der Waals surface area contributed by atoms with E-state index in [1.54, 1.807) is 0 Å². The third kappa shape index (κ3) is 4.49. The predicted octanol–water partition coefficient (Wildman–Crippen LogP) is 2.90. The van der Waals surface area contributed by atoms with Gasteiger partial charge >= 0.3 is 0 Å². The zero-order valence-electron chi connectivity index (χ0n) is 11.7. The molecule has 1 aromatic rings. The summed E-state index contributed by atoms with van der Waals surface area (Å²) >= 11 is 0. The molecular formula is C15H25NO. The highest BCUT2D eigenvalue weighted by molar-refractivity contribution is 5.33. The van der Waals surface area contributed by atoms with Gasteiger partial charge in [-0.1, -0.05) is 25.1 Å². The fourth-order valence-corrected chi connectivity index (χ4v) is 2.15. The van der Waals surface area contributed by atoms with Gasteiger partial charge in [0, 0.05) is 13.1 Å². The number of aryl methyl sites for hydroxylation is 2. The van der Waals surface area contributed by atoms with E-state index in [2.05, 4.69) is 43.9 Å². The molecule has 0 aliphatic carbocycles. The van der Waals surface area contributed by atoms with E-state index in [1.807, 2.05) is 13.8 Å². The molecule has 0 fully saturated rings. The molecule has 17 heavy (non-hydrogen) atoms. The van der Waals surface area contributed by atoms with Crippen LogP contribution in [0.1, 0.15) is 37.5 Å². The Balaban J connectivity index is 2.81. The molecule has 0 atom stereocenters. The van der Waals surface area contributed by atoms with E-state index in [4.69, 9.17) is 0 Å². The quantitative estimate of drug-likeness (QED) is 0.848. The van der Waals surface area contributed by atoms with Crippen molar-refractivity contribution in [3.63, 3.8) is 0 Å². The summed E-state index contributed by atoms with van der Waals surface area (Å²) in [6, 6.07) is 6.40. The molecule has 2 heteroatoms. The summed E-state index contributed by atoms with van der Waals surface area (Å²) in [7, 11) is 0.